The number of benzene rings is 1. The van der Waals surface area contributed by atoms with Gasteiger partial charge in [-0.3, -0.25) is 0 Å². The molecule has 0 aliphatic carbocycles. The zero-order chi connectivity index (χ0) is 13.7. The van der Waals surface area contributed by atoms with Crippen LogP contribution >= 0.6 is 11.6 Å². The number of rotatable bonds is 5. The van der Waals surface area contributed by atoms with Gasteiger partial charge in [0, 0.05) is 12.6 Å². The summed E-state index contributed by atoms with van der Waals surface area (Å²) < 4.78 is 18.5. The number of ether oxygens (including phenoxy) is 1. The number of halogens is 2. The number of hydrogen-bond acceptors (Lipinski definition) is 3. The molecule has 2 aromatic rings. The molecule has 1 aromatic heterocycles. The highest BCUT2D eigenvalue weighted by Crippen LogP contribution is 2.29. The number of hydrogen-bond donors (Lipinski definition) is 1. The first-order chi connectivity index (χ1) is 9.19. The summed E-state index contributed by atoms with van der Waals surface area (Å²) in [5.74, 6) is 1.12. The highest BCUT2D eigenvalue weighted by molar-refractivity contribution is 6.32. The Hall–Kier alpha value is -1.81. The van der Waals surface area contributed by atoms with Gasteiger partial charge in [0.25, 0.3) is 0 Å². The van der Waals surface area contributed by atoms with Gasteiger partial charge in [-0.1, -0.05) is 24.6 Å². The summed E-state index contributed by atoms with van der Waals surface area (Å²) in [4.78, 5) is 4.28. The maximum Gasteiger partial charge on any atom is 0.221 e. The lowest BCUT2D eigenvalue weighted by atomic mass is 10.3. The maximum atomic E-state index is 12.9. The van der Waals surface area contributed by atoms with Crippen LogP contribution in [0.3, 0.4) is 0 Å². The van der Waals surface area contributed by atoms with Crippen LogP contribution in [0.1, 0.15) is 13.3 Å². The summed E-state index contributed by atoms with van der Waals surface area (Å²) in [5.41, 5.74) is 0. The topological polar surface area (TPSA) is 34.1 Å². The lowest BCUT2D eigenvalue weighted by molar-refractivity contribution is 0.462. The van der Waals surface area contributed by atoms with E-state index in [-0.39, 0.29) is 5.02 Å². The van der Waals surface area contributed by atoms with Crippen LogP contribution in [0, 0.1) is 5.82 Å². The zero-order valence-corrected chi connectivity index (χ0v) is 11.2. The Morgan fingerprint density at radius 2 is 2.16 bits per heavy atom. The fraction of sp³-hybridized carbons (Fsp3) is 0.214. The summed E-state index contributed by atoms with van der Waals surface area (Å²) >= 11 is 5.89. The Labute approximate surface area is 116 Å². The predicted octanol–water partition coefficient (Wildman–Crippen LogP) is 4.49. The minimum atomic E-state index is -0.399. The van der Waals surface area contributed by atoms with Crippen LogP contribution in [0.2, 0.25) is 5.02 Å². The van der Waals surface area contributed by atoms with Gasteiger partial charge < -0.3 is 10.1 Å². The second-order valence-corrected chi connectivity index (χ2v) is 4.37. The van der Waals surface area contributed by atoms with Crippen molar-refractivity contribution in [1.29, 1.82) is 0 Å². The van der Waals surface area contributed by atoms with E-state index in [9.17, 15) is 4.39 Å². The molecule has 0 amide bonds. The van der Waals surface area contributed by atoms with Gasteiger partial charge in [0.15, 0.2) is 0 Å². The quantitative estimate of drug-likeness (QED) is 0.876. The van der Waals surface area contributed by atoms with Crippen molar-refractivity contribution in [1.82, 2.24) is 4.98 Å². The fourth-order valence-corrected chi connectivity index (χ4v) is 1.70. The highest BCUT2D eigenvalue weighted by atomic mass is 35.5. The van der Waals surface area contributed by atoms with Gasteiger partial charge in [0.2, 0.25) is 5.88 Å². The van der Waals surface area contributed by atoms with E-state index >= 15 is 0 Å². The van der Waals surface area contributed by atoms with Crippen molar-refractivity contribution in [3.63, 3.8) is 0 Å². The SMILES string of the molecule is CCCNc1cccc(Oc2ccc(F)cc2Cl)n1. The normalized spacial score (nSPS) is 10.3. The third kappa shape index (κ3) is 3.83. The minimum absolute atomic E-state index is 0.216. The van der Waals surface area contributed by atoms with Gasteiger partial charge in [-0.25, -0.2) is 4.39 Å². The molecular formula is C14H14ClFN2O. The van der Waals surface area contributed by atoms with Gasteiger partial charge in [-0.15, -0.1) is 0 Å². The van der Waals surface area contributed by atoms with E-state index < -0.39 is 5.82 Å². The van der Waals surface area contributed by atoms with Crippen LogP contribution in [0.4, 0.5) is 10.2 Å². The standard InChI is InChI=1S/C14H14ClFN2O/c1-2-8-17-13-4-3-5-14(18-13)19-12-7-6-10(16)9-11(12)15/h3-7,9H,2,8H2,1H3,(H,17,18). The molecular weight excluding hydrogens is 267 g/mol. The monoisotopic (exact) mass is 280 g/mol. The number of nitrogens with one attached hydrogen (secondary N) is 1. The highest BCUT2D eigenvalue weighted by Gasteiger charge is 2.06. The Balaban J connectivity index is 2.14. The van der Waals surface area contributed by atoms with Crippen molar-refractivity contribution in [3.8, 4) is 11.6 Å². The van der Waals surface area contributed by atoms with Gasteiger partial charge >= 0.3 is 0 Å². The Morgan fingerprint density at radius 1 is 1.32 bits per heavy atom. The summed E-state index contributed by atoms with van der Waals surface area (Å²) in [5, 5.41) is 3.38. The van der Waals surface area contributed by atoms with E-state index in [0.717, 1.165) is 18.8 Å². The van der Waals surface area contributed by atoms with Crippen molar-refractivity contribution < 1.29 is 9.13 Å². The van der Waals surface area contributed by atoms with E-state index in [4.69, 9.17) is 16.3 Å². The van der Waals surface area contributed by atoms with E-state index in [1.165, 1.54) is 18.2 Å². The molecule has 0 unspecified atom stereocenters. The Morgan fingerprint density at radius 3 is 2.89 bits per heavy atom. The smallest absolute Gasteiger partial charge is 0.221 e. The van der Waals surface area contributed by atoms with Crippen LogP contribution in [0.5, 0.6) is 11.6 Å². The zero-order valence-electron chi connectivity index (χ0n) is 10.5. The van der Waals surface area contributed by atoms with E-state index in [1.807, 2.05) is 12.1 Å². The molecule has 0 spiro atoms. The molecule has 0 saturated carbocycles. The van der Waals surface area contributed by atoms with E-state index in [2.05, 4.69) is 17.2 Å². The molecule has 5 heteroatoms. The van der Waals surface area contributed by atoms with Gasteiger partial charge in [0.1, 0.15) is 17.4 Å². The maximum absolute atomic E-state index is 12.9. The largest absolute Gasteiger partial charge is 0.437 e. The summed E-state index contributed by atoms with van der Waals surface area (Å²) in [6.07, 6.45) is 1.01. The summed E-state index contributed by atoms with van der Waals surface area (Å²) in [6.45, 7) is 2.92. The summed E-state index contributed by atoms with van der Waals surface area (Å²) in [6, 6.07) is 9.38. The van der Waals surface area contributed by atoms with Crippen LogP contribution in [0.25, 0.3) is 0 Å². The lowest BCUT2D eigenvalue weighted by Gasteiger charge is -2.09. The van der Waals surface area contributed by atoms with Gasteiger partial charge in [-0.05, 0) is 30.7 Å². The van der Waals surface area contributed by atoms with Crippen LogP contribution in [-0.2, 0) is 0 Å². The Bertz CT molecular complexity index is 563. The van der Waals surface area contributed by atoms with Crippen LogP contribution < -0.4 is 10.1 Å². The molecule has 0 saturated heterocycles. The second kappa shape index (κ2) is 6.38. The lowest BCUT2D eigenvalue weighted by Crippen LogP contribution is -2.02. The van der Waals surface area contributed by atoms with Gasteiger partial charge in [-0.2, -0.15) is 4.98 Å². The van der Waals surface area contributed by atoms with Crippen molar-refractivity contribution >= 4 is 17.4 Å². The molecule has 0 aliphatic rings. The Kier molecular flexibility index (Phi) is 4.58. The van der Waals surface area contributed by atoms with Crippen molar-refractivity contribution in [3.05, 3.63) is 47.2 Å². The molecule has 0 radical (unpaired) electrons. The molecule has 1 aromatic carbocycles. The third-order valence-electron chi connectivity index (χ3n) is 2.39. The van der Waals surface area contributed by atoms with Gasteiger partial charge in [0.05, 0.1) is 5.02 Å². The average Bonchev–Trinajstić information content (AvgIpc) is 2.40. The molecule has 0 atom stereocenters. The van der Waals surface area contributed by atoms with Crippen LogP contribution in [0.15, 0.2) is 36.4 Å². The van der Waals surface area contributed by atoms with E-state index in [0.29, 0.717) is 11.6 Å². The van der Waals surface area contributed by atoms with Crippen molar-refractivity contribution in [2.45, 2.75) is 13.3 Å². The average molecular weight is 281 g/mol. The first-order valence-corrected chi connectivity index (χ1v) is 6.40. The van der Waals surface area contributed by atoms with E-state index in [1.54, 1.807) is 6.07 Å². The molecule has 19 heavy (non-hydrogen) atoms. The number of aromatic nitrogens is 1. The third-order valence-corrected chi connectivity index (χ3v) is 2.68. The van der Waals surface area contributed by atoms with Crippen LogP contribution in [-0.4, -0.2) is 11.5 Å². The van der Waals surface area contributed by atoms with Crippen molar-refractivity contribution in [2.24, 2.45) is 0 Å². The molecule has 100 valence electrons. The van der Waals surface area contributed by atoms with Crippen molar-refractivity contribution in [2.75, 3.05) is 11.9 Å². The number of anilines is 1. The molecule has 2 rings (SSSR count). The minimum Gasteiger partial charge on any atom is -0.437 e. The molecule has 0 bridgehead atoms. The molecule has 0 fully saturated rings. The fourth-order valence-electron chi connectivity index (χ4n) is 1.49. The molecule has 1 heterocycles. The first kappa shape index (κ1) is 13.6. The number of nitrogens with zero attached hydrogens (tertiary/aromatic N) is 1. The first-order valence-electron chi connectivity index (χ1n) is 6.03. The summed E-state index contributed by atoms with van der Waals surface area (Å²) in [7, 11) is 0. The molecule has 3 nitrogen and oxygen atoms in total. The molecule has 1 N–H and O–H groups in total. The predicted molar refractivity (Wildman–Crippen MR) is 74.5 cm³/mol. The molecule has 0 aliphatic heterocycles. The second-order valence-electron chi connectivity index (χ2n) is 3.96. The number of pyridine rings is 1.